The summed E-state index contributed by atoms with van der Waals surface area (Å²) in [5.41, 5.74) is 1.52. The van der Waals surface area contributed by atoms with E-state index in [1.54, 1.807) is 25.3 Å². The third-order valence-corrected chi connectivity index (χ3v) is 4.36. The van der Waals surface area contributed by atoms with Gasteiger partial charge in [0.25, 0.3) is 5.69 Å². The lowest BCUT2D eigenvalue weighted by Gasteiger charge is -2.08. The molecule has 0 aliphatic carbocycles. The average molecular weight is 386 g/mol. The SMILES string of the molecule is Cc1c(NC(=O)CCc2ncc(-c3ccccc3Cl)o2)cccc1[N+](=O)[O-]. The van der Waals surface area contributed by atoms with Crippen molar-refractivity contribution in [2.75, 3.05) is 5.32 Å². The van der Waals surface area contributed by atoms with Crippen LogP contribution in [0.3, 0.4) is 0 Å². The second-order valence-electron chi connectivity index (χ2n) is 5.85. The van der Waals surface area contributed by atoms with Crippen molar-refractivity contribution >= 4 is 28.9 Å². The maximum absolute atomic E-state index is 12.2. The van der Waals surface area contributed by atoms with E-state index in [-0.39, 0.29) is 18.0 Å². The predicted molar refractivity (Wildman–Crippen MR) is 102 cm³/mol. The summed E-state index contributed by atoms with van der Waals surface area (Å²) in [5, 5.41) is 14.2. The second-order valence-corrected chi connectivity index (χ2v) is 6.26. The number of aryl methyl sites for hydroxylation is 1. The lowest BCUT2D eigenvalue weighted by molar-refractivity contribution is -0.385. The van der Waals surface area contributed by atoms with Crippen LogP contribution in [0.1, 0.15) is 17.9 Å². The molecule has 0 aliphatic rings. The molecule has 1 N–H and O–H groups in total. The zero-order valence-electron chi connectivity index (χ0n) is 14.4. The van der Waals surface area contributed by atoms with E-state index in [0.717, 1.165) is 5.56 Å². The summed E-state index contributed by atoms with van der Waals surface area (Å²) in [4.78, 5) is 26.8. The molecule has 1 amide bonds. The van der Waals surface area contributed by atoms with Crippen molar-refractivity contribution in [3.05, 3.63) is 75.3 Å². The number of carbonyl (C=O) groups excluding carboxylic acids is 1. The van der Waals surface area contributed by atoms with Crippen LogP contribution in [0, 0.1) is 17.0 Å². The first-order valence-corrected chi connectivity index (χ1v) is 8.57. The van der Waals surface area contributed by atoms with Gasteiger partial charge in [0.05, 0.1) is 27.4 Å². The van der Waals surface area contributed by atoms with Crippen LogP contribution in [0.4, 0.5) is 11.4 Å². The molecule has 0 saturated carbocycles. The summed E-state index contributed by atoms with van der Waals surface area (Å²) in [6, 6.07) is 11.8. The first-order valence-electron chi connectivity index (χ1n) is 8.19. The molecule has 1 heterocycles. The number of oxazole rings is 1. The molecule has 1 aromatic heterocycles. The Hall–Kier alpha value is -3.19. The van der Waals surface area contributed by atoms with E-state index in [4.69, 9.17) is 16.0 Å². The highest BCUT2D eigenvalue weighted by Crippen LogP contribution is 2.28. The Morgan fingerprint density at radius 3 is 2.78 bits per heavy atom. The third-order valence-electron chi connectivity index (χ3n) is 4.03. The summed E-state index contributed by atoms with van der Waals surface area (Å²) in [5.74, 6) is 0.664. The number of halogens is 1. The number of anilines is 1. The number of nitro benzene ring substituents is 1. The Morgan fingerprint density at radius 1 is 1.26 bits per heavy atom. The summed E-state index contributed by atoms with van der Waals surface area (Å²) < 4.78 is 5.66. The van der Waals surface area contributed by atoms with Crippen molar-refractivity contribution in [1.29, 1.82) is 0 Å². The first kappa shape index (κ1) is 18.6. The largest absolute Gasteiger partial charge is 0.441 e. The Morgan fingerprint density at radius 2 is 2.04 bits per heavy atom. The van der Waals surface area contributed by atoms with Gasteiger partial charge in [-0.05, 0) is 25.1 Å². The van der Waals surface area contributed by atoms with E-state index in [0.29, 0.717) is 34.3 Å². The molecule has 3 rings (SSSR count). The minimum absolute atomic E-state index is 0.0371. The van der Waals surface area contributed by atoms with E-state index in [9.17, 15) is 14.9 Å². The van der Waals surface area contributed by atoms with E-state index in [2.05, 4.69) is 10.3 Å². The number of hydrogen-bond donors (Lipinski definition) is 1. The highest BCUT2D eigenvalue weighted by Gasteiger charge is 2.15. The third kappa shape index (κ3) is 4.32. The number of nitro groups is 1. The van der Waals surface area contributed by atoms with Crippen molar-refractivity contribution < 1.29 is 14.1 Å². The average Bonchev–Trinajstić information content (AvgIpc) is 3.10. The summed E-state index contributed by atoms with van der Waals surface area (Å²) in [6.07, 6.45) is 1.99. The highest BCUT2D eigenvalue weighted by atomic mass is 35.5. The van der Waals surface area contributed by atoms with Crippen molar-refractivity contribution in [2.24, 2.45) is 0 Å². The van der Waals surface area contributed by atoms with Crippen LogP contribution in [0.15, 0.2) is 53.1 Å². The molecular weight excluding hydrogens is 370 g/mol. The van der Waals surface area contributed by atoms with E-state index in [1.165, 1.54) is 12.1 Å². The lowest BCUT2D eigenvalue weighted by Crippen LogP contribution is -2.13. The molecule has 0 unspecified atom stereocenters. The van der Waals surface area contributed by atoms with Gasteiger partial charge in [0, 0.05) is 24.5 Å². The van der Waals surface area contributed by atoms with Crippen LogP contribution in [0.2, 0.25) is 5.02 Å². The quantitative estimate of drug-likeness (QED) is 0.486. The van der Waals surface area contributed by atoms with Crippen LogP contribution < -0.4 is 5.32 Å². The van der Waals surface area contributed by atoms with Crippen molar-refractivity contribution in [2.45, 2.75) is 19.8 Å². The molecule has 7 nitrogen and oxygen atoms in total. The Kier molecular flexibility index (Phi) is 5.52. The van der Waals surface area contributed by atoms with Gasteiger partial charge in [0.2, 0.25) is 5.91 Å². The van der Waals surface area contributed by atoms with Gasteiger partial charge >= 0.3 is 0 Å². The normalized spacial score (nSPS) is 10.6. The van der Waals surface area contributed by atoms with E-state index < -0.39 is 4.92 Å². The van der Waals surface area contributed by atoms with Gasteiger partial charge in [-0.1, -0.05) is 29.8 Å². The van der Waals surface area contributed by atoms with Gasteiger partial charge in [-0.25, -0.2) is 4.98 Å². The molecule has 0 aliphatic heterocycles. The first-order chi connectivity index (χ1) is 13.0. The van der Waals surface area contributed by atoms with E-state index >= 15 is 0 Å². The van der Waals surface area contributed by atoms with Crippen molar-refractivity contribution in [1.82, 2.24) is 4.98 Å². The predicted octanol–water partition coefficient (Wildman–Crippen LogP) is 4.78. The zero-order chi connectivity index (χ0) is 19.4. The molecule has 0 saturated heterocycles. The maximum atomic E-state index is 12.2. The number of hydrogen-bond acceptors (Lipinski definition) is 5. The number of aromatic nitrogens is 1. The van der Waals surface area contributed by atoms with E-state index in [1.807, 2.05) is 18.2 Å². The Bertz CT molecular complexity index is 1000. The van der Waals surface area contributed by atoms with Crippen LogP contribution in [0.5, 0.6) is 0 Å². The molecule has 3 aromatic rings. The number of nitrogens with one attached hydrogen (secondary N) is 1. The molecule has 27 heavy (non-hydrogen) atoms. The van der Waals surface area contributed by atoms with Gasteiger partial charge in [-0.15, -0.1) is 0 Å². The Balaban J connectivity index is 1.63. The Labute approximate surface area is 160 Å². The van der Waals surface area contributed by atoms with Gasteiger partial charge < -0.3 is 9.73 Å². The number of carbonyl (C=O) groups is 1. The fraction of sp³-hybridized carbons (Fsp3) is 0.158. The molecule has 8 heteroatoms. The molecular formula is C19H16ClN3O4. The van der Waals surface area contributed by atoms with Crippen molar-refractivity contribution in [3.8, 4) is 11.3 Å². The summed E-state index contributed by atoms with van der Waals surface area (Å²) >= 11 is 6.14. The van der Waals surface area contributed by atoms with Crippen LogP contribution in [-0.4, -0.2) is 15.8 Å². The zero-order valence-corrected chi connectivity index (χ0v) is 15.2. The van der Waals surface area contributed by atoms with Crippen LogP contribution in [0.25, 0.3) is 11.3 Å². The number of benzene rings is 2. The molecule has 0 bridgehead atoms. The minimum atomic E-state index is -0.478. The summed E-state index contributed by atoms with van der Waals surface area (Å²) in [7, 11) is 0. The standard InChI is InChI=1S/C19H16ClN3O4/c1-12-15(7-4-8-16(12)23(25)26)22-18(24)9-10-19-21-11-17(27-19)13-5-2-3-6-14(13)20/h2-8,11H,9-10H2,1H3,(H,22,24). The maximum Gasteiger partial charge on any atom is 0.274 e. The molecule has 2 aromatic carbocycles. The van der Waals surface area contributed by atoms with Crippen molar-refractivity contribution in [3.63, 3.8) is 0 Å². The van der Waals surface area contributed by atoms with Gasteiger partial charge in [-0.3, -0.25) is 14.9 Å². The molecule has 138 valence electrons. The van der Waals surface area contributed by atoms with Gasteiger partial charge in [0.15, 0.2) is 11.7 Å². The minimum Gasteiger partial charge on any atom is -0.441 e. The molecule has 0 atom stereocenters. The molecule has 0 radical (unpaired) electrons. The highest BCUT2D eigenvalue weighted by molar-refractivity contribution is 6.33. The smallest absolute Gasteiger partial charge is 0.274 e. The number of nitrogens with zero attached hydrogens (tertiary/aromatic N) is 2. The fourth-order valence-electron chi connectivity index (χ4n) is 2.60. The molecule has 0 spiro atoms. The topological polar surface area (TPSA) is 98.3 Å². The number of amides is 1. The monoisotopic (exact) mass is 385 g/mol. The summed E-state index contributed by atoms with van der Waals surface area (Å²) in [6.45, 7) is 1.59. The number of rotatable bonds is 6. The second kappa shape index (κ2) is 8.01. The van der Waals surface area contributed by atoms with Crippen LogP contribution in [-0.2, 0) is 11.2 Å². The van der Waals surface area contributed by atoms with Crippen LogP contribution >= 0.6 is 11.6 Å². The van der Waals surface area contributed by atoms with Gasteiger partial charge in [-0.2, -0.15) is 0 Å². The van der Waals surface area contributed by atoms with Gasteiger partial charge in [0.1, 0.15) is 0 Å². The fourth-order valence-corrected chi connectivity index (χ4v) is 2.83. The lowest BCUT2D eigenvalue weighted by atomic mass is 10.1. The molecule has 0 fully saturated rings.